The van der Waals surface area contributed by atoms with Gasteiger partial charge in [-0.1, -0.05) is 26.0 Å². The molecule has 1 aliphatic carbocycles. The second-order valence-corrected chi connectivity index (χ2v) is 10.7. The van der Waals surface area contributed by atoms with Crippen molar-refractivity contribution in [3.63, 3.8) is 0 Å². The molecule has 0 radical (unpaired) electrons. The molecule has 2 aromatic carbocycles. The van der Waals surface area contributed by atoms with Crippen LogP contribution in [0.15, 0.2) is 64.7 Å². The van der Waals surface area contributed by atoms with Gasteiger partial charge in [-0.05, 0) is 41.7 Å². The molecule has 3 N–H and O–H groups in total. The lowest BCUT2D eigenvalue weighted by Crippen LogP contribution is -2.32. The first-order valence-electron chi connectivity index (χ1n) is 10.6. The number of nitro groups is 1. The van der Waals surface area contributed by atoms with Gasteiger partial charge in [0.25, 0.3) is 5.69 Å². The highest BCUT2D eigenvalue weighted by Crippen LogP contribution is 2.44. The topological polar surface area (TPSA) is 180 Å². The number of ketones is 1. The molecule has 0 saturated carbocycles. The van der Waals surface area contributed by atoms with Gasteiger partial charge in [-0.2, -0.15) is 10.5 Å². The summed E-state index contributed by atoms with van der Waals surface area (Å²) in [7, 11) is -3.89. The average molecular weight is 494 g/mol. The van der Waals surface area contributed by atoms with E-state index < -0.39 is 32.2 Å². The molecule has 0 bridgehead atoms. The minimum Gasteiger partial charge on any atom is -0.359 e. The van der Waals surface area contributed by atoms with Gasteiger partial charge in [0.2, 0.25) is 10.0 Å². The quantitative estimate of drug-likeness (QED) is 0.432. The number of hydrogen-bond acceptors (Lipinski definition) is 8. The summed E-state index contributed by atoms with van der Waals surface area (Å²) < 4.78 is 23.1. The van der Waals surface area contributed by atoms with Gasteiger partial charge < -0.3 is 5.32 Å². The first-order valence-corrected chi connectivity index (χ1v) is 12.1. The number of non-ortho nitro benzene ring substituents is 1. The Balaban J connectivity index is 2.20. The number of rotatable bonds is 7. The molecule has 0 spiro atoms. The van der Waals surface area contributed by atoms with Crippen LogP contribution >= 0.6 is 0 Å². The summed E-state index contributed by atoms with van der Waals surface area (Å²) in [6.45, 7) is 3.81. The van der Waals surface area contributed by atoms with Crippen LogP contribution in [0.1, 0.15) is 38.2 Å². The number of nitro benzene ring substituents is 1. The highest BCUT2D eigenvalue weighted by Gasteiger charge is 2.40. The van der Waals surface area contributed by atoms with Crippen LogP contribution in [0.4, 0.5) is 11.4 Å². The number of nitrogens with zero attached hydrogens (tertiary/aromatic N) is 3. The number of Topliss-reactive ketones (excluding diaryl/α,β-unsaturated/α-hetero) is 1. The lowest BCUT2D eigenvalue weighted by atomic mass is 9.69. The predicted molar refractivity (Wildman–Crippen MR) is 127 cm³/mol. The fourth-order valence-electron chi connectivity index (χ4n) is 4.24. The van der Waals surface area contributed by atoms with Crippen molar-refractivity contribution in [3.8, 4) is 12.1 Å². The van der Waals surface area contributed by atoms with E-state index in [1.165, 1.54) is 42.5 Å². The maximum atomic E-state index is 13.4. The van der Waals surface area contributed by atoms with Crippen LogP contribution in [0.5, 0.6) is 0 Å². The van der Waals surface area contributed by atoms with E-state index in [-0.39, 0.29) is 28.4 Å². The predicted octanol–water partition coefficient (Wildman–Crippen LogP) is 3.74. The molecule has 0 saturated heterocycles. The number of sulfonamides is 1. The molecular formula is C24H23N5O5S. The molecule has 11 heteroatoms. The SMILES string of the molecule is CC1(C)CC(=O)C(C(c2cccc([N+](=O)[O-])c2)C(C#N)C#N)=C(Nc2ccc(S(N)(=O)=O)cc2)C1. The van der Waals surface area contributed by atoms with Gasteiger partial charge in [0.05, 0.1) is 22.0 Å². The summed E-state index contributed by atoms with van der Waals surface area (Å²) in [6.07, 6.45) is 0.549. The van der Waals surface area contributed by atoms with Crippen molar-refractivity contribution in [3.05, 3.63) is 75.5 Å². The minimum absolute atomic E-state index is 0.0826. The third-order valence-electron chi connectivity index (χ3n) is 5.76. The Bertz CT molecular complexity index is 1390. The van der Waals surface area contributed by atoms with E-state index >= 15 is 0 Å². The number of nitrogens with two attached hydrogens (primary N) is 1. The van der Waals surface area contributed by atoms with E-state index in [2.05, 4.69) is 5.32 Å². The Morgan fingerprint density at radius 2 is 1.74 bits per heavy atom. The smallest absolute Gasteiger partial charge is 0.269 e. The highest BCUT2D eigenvalue weighted by atomic mass is 32.2. The Labute approximate surface area is 202 Å². The standard InChI is InChI=1S/C24H23N5O5S/c1-24(2)11-20(28-17-6-8-19(9-7-17)35(27,33)34)23(21(30)12-24)22(16(13-25)14-26)15-4-3-5-18(10-15)29(31)32/h3-10,16,22,28H,11-12H2,1-2H3,(H2,27,33,34). The first-order chi connectivity index (χ1) is 16.4. The van der Waals surface area contributed by atoms with Crippen molar-refractivity contribution in [1.29, 1.82) is 10.5 Å². The van der Waals surface area contributed by atoms with Crippen LogP contribution in [-0.2, 0) is 14.8 Å². The third-order valence-corrected chi connectivity index (χ3v) is 6.69. The van der Waals surface area contributed by atoms with Crippen molar-refractivity contribution < 1.29 is 18.1 Å². The second kappa shape index (κ2) is 9.66. The van der Waals surface area contributed by atoms with E-state index in [0.717, 1.165) is 0 Å². The van der Waals surface area contributed by atoms with Crippen molar-refractivity contribution in [1.82, 2.24) is 0 Å². The van der Waals surface area contributed by atoms with Gasteiger partial charge in [-0.25, -0.2) is 13.6 Å². The van der Waals surface area contributed by atoms with Gasteiger partial charge in [0.15, 0.2) is 5.78 Å². The minimum atomic E-state index is -3.89. The molecule has 0 amide bonds. The van der Waals surface area contributed by atoms with Crippen LogP contribution < -0.4 is 10.5 Å². The zero-order chi connectivity index (χ0) is 26.0. The number of nitrogens with one attached hydrogen (secondary N) is 1. The van der Waals surface area contributed by atoms with Gasteiger partial charge in [0.1, 0.15) is 5.92 Å². The Morgan fingerprint density at radius 1 is 1.11 bits per heavy atom. The van der Waals surface area contributed by atoms with Crippen molar-refractivity contribution in [2.24, 2.45) is 16.5 Å². The largest absolute Gasteiger partial charge is 0.359 e. The van der Waals surface area contributed by atoms with E-state index in [4.69, 9.17) is 5.14 Å². The van der Waals surface area contributed by atoms with Crippen LogP contribution in [0.2, 0.25) is 0 Å². The van der Waals surface area contributed by atoms with Gasteiger partial charge in [0, 0.05) is 41.4 Å². The van der Waals surface area contributed by atoms with Crippen LogP contribution in [-0.4, -0.2) is 19.1 Å². The van der Waals surface area contributed by atoms with E-state index in [1.807, 2.05) is 26.0 Å². The van der Waals surface area contributed by atoms with Gasteiger partial charge in [-0.15, -0.1) is 0 Å². The number of carbonyl (C=O) groups excluding carboxylic acids is 1. The molecule has 35 heavy (non-hydrogen) atoms. The second-order valence-electron chi connectivity index (χ2n) is 9.09. The molecule has 0 fully saturated rings. The molecule has 2 aromatic rings. The molecule has 1 aliphatic rings. The Morgan fingerprint density at radius 3 is 2.29 bits per heavy atom. The number of nitriles is 2. The molecule has 0 heterocycles. The molecule has 10 nitrogen and oxygen atoms in total. The van der Waals surface area contributed by atoms with Crippen molar-refractivity contribution >= 4 is 27.2 Å². The molecule has 3 rings (SSSR count). The number of benzene rings is 2. The molecule has 0 aromatic heterocycles. The Kier molecular flexibility index (Phi) is 7.06. The number of hydrogen-bond donors (Lipinski definition) is 2. The van der Waals surface area contributed by atoms with Gasteiger partial charge in [-0.3, -0.25) is 14.9 Å². The summed E-state index contributed by atoms with van der Waals surface area (Å²) in [5, 5.41) is 39.1. The van der Waals surface area contributed by atoms with Gasteiger partial charge >= 0.3 is 0 Å². The first kappa shape index (κ1) is 25.6. The molecular weight excluding hydrogens is 470 g/mol. The lowest BCUT2D eigenvalue weighted by Gasteiger charge is -2.36. The summed E-state index contributed by atoms with van der Waals surface area (Å²) in [5.74, 6) is -2.59. The monoisotopic (exact) mass is 493 g/mol. The Hall–Kier alpha value is -4.06. The number of anilines is 1. The fraction of sp³-hybridized carbons (Fsp3) is 0.292. The summed E-state index contributed by atoms with van der Waals surface area (Å²) >= 11 is 0. The summed E-state index contributed by atoms with van der Waals surface area (Å²) in [6, 6.07) is 15.0. The van der Waals surface area contributed by atoms with Crippen molar-refractivity contribution in [2.45, 2.75) is 37.5 Å². The van der Waals surface area contributed by atoms with Crippen LogP contribution in [0.25, 0.3) is 0 Å². The maximum absolute atomic E-state index is 13.4. The zero-order valence-electron chi connectivity index (χ0n) is 19.1. The number of primary sulfonamides is 1. The molecule has 180 valence electrons. The number of carbonyl (C=O) groups is 1. The van der Waals surface area contributed by atoms with E-state index in [1.54, 1.807) is 6.07 Å². The summed E-state index contributed by atoms with van der Waals surface area (Å²) in [5.41, 5.74) is 0.776. The maximum Gasteiger partial charge on any atom is 0.269 e. The van der Waals surface area contributed by atoms with Crippen LogP contribution in [0, 0.1) is 44.1 Å². The van der Waals surface area contributed by atoms with Crippen LogP contribution in [0.3, 0.4) is 0 Å². The summed E-state index contributed by atoms with van der Waals surface area (Å²) in [4.78, 5) is 24.1. The molecule has 1 unspecified atom stereocenters. The molecule has 0 aliphatic heterocycles. The zero-order valence-corrected chi connectivity index (χ0v) is 19.9. The number of allylic oxidation sites excluding steroid dienone is 2. The lowest BCUT2D eigenvalue weighted by molar-refractivity contribution is -0.384. The van der Waals surface area contributed by atoms with E-state index in [9.17, 15) is 33.9 Å². The third kappa shape index (κ3) is 5.72. The molecule has 1 atom stereocenters. The average Bonchev–Trinajstić information content (AvgIpc) is 2.77. The fourth-order valence-corrected chi connectivity index (χ4v) is 4.76. The van der Waals surface area contributed by atoms with Crippen molar-refractivity contribution in [2.75, 3.05) is 5.32 Å². The van der Waals surface area contributed by atoms with E-state index in [0.29, 0.717) is 23.4 Å². The normalized spacial score (nSPS) is 16.3. The highest BCUT2D eigenvalue weighted by molar-refractivity contribution is 7.89.